The van der Waals surface area contributed by atoms with E-state index in [4.69, 9.17) is 0 Å². The fourth-order valence-electron chi connectivity index (χ4n) is 2.92. The maximum Gasteiger partial charge on any atom is 0.267 e. The van der Waals surface area contributed by atoms with Gasteiger partial charge in [-0.2, -0.15) is 5.10 Å². The third kappa shape index (κ3) is 4.01. The Hall–Kier alpha value is -2.63. The van der Waals surface area contributed by atoms with Gasteiger partial charge in [-0.05, 0) is 55.4 Å². The lowest BCUT2D eigenvalue weighted by Gasteiger charge is -2.15. The number of aryl methyl sites for hydroxylation is 2. The van der Waals surface area contributed by atoms with E-state index in [1.807, 2.05) is 12.1 Å². The number of fused-ring (bicyclic) bond motifs is 1. The third-order valence-corrected chi connectivity index (χ3v) is 4.24. The van der Waals surface area contributed by atoms with Crippen LogP contribution in [0.5, 0.6) is 5.75 Å². The van der Waals surface area contributed by atoms with Crippen molar-refractivity contribution in [2.45, 2.75) is 38.6 Å². The number of carbonyl (C=O) groups excluding carboxylic acids is 1. The van der Waals surface area contributed by atoms with Crippen LogP contribution in [-0.4, -0.2) is 27.3 Å². The zero-order chi connectivity index (χ0) is 16.9. The number of hydrogen-bond acceptors (Lipinski definition) is 4. The number of aromatic nitrogens is 2. The number of phenols is 1. The molecule has 0 spiro atoms. The van der Waals surface area contributed by atoms with Crippen molar-refractivity contribution < 1.29 is 9.90 Å². The van der Waals surface area contributed by atoms with Gasteiger partial charge in [-0.1, -0.05) is 12.1 Å². The summed E-state index contributed by atoms with van der Waals surface area (Å²) < 4.78 is 1.25. The molecule has 126 valence electrons. The van der Waals surface area contributed by atoms with Crippen LogP contribution in [0.25, 0.3) is 0 Å². The first-order chi connectivity index (χ1) is 11.6. The van der Waals surface area contributed by atoms with Crippen LogP contribution in [0.1, 0.15) is 29.7 Å². The number of amides is 1. The summed E-state index contributed by atoms with van der Waals surface area (Å²) in [6.45, 7) is 0.422. The number of carbonyl (C=O) groups is 1. The molecule has 2 aromatic rings. The zero-order valence-corrected chi connectivity index (χ0v) is 13.5. The smallest absolute Gasteiger partial charge is 0.267 e. The molecule has 3 rings (SSSR count). The monoisotopic (exact) mass is 327 g/mol. The molecule has 6 nitrogen and oxygen atoms in total. The first kappa shape index (κ1) is 16.2. The van der Waals surface area contributed by atoms with Crippen LogP contribution in [0.15, 0.2) is 35.1 Å². The molecule has 0 unspecified atom stereocenters. The van der Waals surface area contributed by atoms with Gasteiger partial charge in [0.2, 0.25) is 5.91 Å². The lowest BCUT2D eigenvalue weighted by molar-refractivity contribution is -0.121. The summed E-state index contributed by atoms with van der Waals surface area (Å²) >= 11 is 0. The van der Waals surface area contributed by atoms with E-state index in [2.05, 4.69) is 10.4 Å². The zero-order valence-electron chi connectivity index (χ0n) is 13.5. The third-order valence-electron chi connectivity index (χ3n) is 4.24. The number of benzene rings is 1. The van der Waals surface area contributed by atoms with Crippen LogP contribution in [0.3, 0.4) is 0 Å². The molecule has 24 heavy (non-hydrogen) atoms. The largest absolute Gasteiger partial charge is 0.508 e. The summed E-state index contributed by atoms with van der Waals surface area (Å²) in [5.74, 6) is -0.000201. The van der Waals surface area contributed by atoms with Gasteiger partial charge in [0.25, 0.3) is 5.56 Å². The summed E-state index contributed by atoms with van der Waals surface area (Å²) in [5, 5.41) is 16.4. The Balaban J connectivity index is 1.55. The maximum atomic E-state index is 12.1. The summed E-state index contributed by atoms with van der Waals surface area (Å²) in [6.07, 6.45) is 4.61. The second-order valence-electron chi connectivity index (χ2n) is 6.09. The van der Waals surface area contributed by atoms with Crippen LogP contribution in [0, 0.1) is 0 Å². The van der Waals surface area contributed by atoms with Gasteiger partial charge in [-0.15, -0.1) is 0 Å². The number of nitrogens with one attached hydrogen (secondary N) is 1. The molecular formula is C18H21N3O3. The van der Waals surface area contributed by atoms with Crippen molar-refractivity contribution in [2.75, 3.05) is 6.54 Å². The number of phenolic OH excluding ortho intramolecular Hbond substituents is 1. The van der Waals surface area contributed by atoms with E-state index in [1.54, 1.807) is 18.2 Å². The highest BCUT2D eigenvalue weighted by molar-refractivity contribution is 5.75. The summed E-state index contributed by atoms with van der Waals surface area (Å²) in [6, 6.07) is 8.49. The average molecular weight is 327 g/mol. The molecule has 1 aliphatic rings. The molecular weight excluding hydrogens is 306 g/mol. The second kappa shape index (κ2) is 7.29. The number of hydrogen-bond donors (Lipinski definition) is 2. The second-order valence-corrected chi connectivity index (χ2v) is 6.09. The highest BCUT2D eigenvalue weighted by Gasteiger charge is 2.14. The van der Waals surface area contributed by atoms with Gasteiger partial charge >= 0.3 is 0 Å². The van der Waals surface area contributed by atoms with Crippen molar-refractivity contribution in [1.29, 1.82) is 0 Å². The van der Waals surface area contributed by atoms with Crippen LogP contribution in [-0.2, 0) is 30.6 Å². The number of nitrogens with zero attached hydrogens (tertiary/aromatic N) is 2. The van der Waals surface area contributed by atoms with Gasteiger partial charge < -0.3 is 10.4 Å². The van der Waals surface area contributed by atoms with Crippen LogP contribution in [0.4, 0.5) is 0 Å². The molecule has 2 N–H and O–H groups in total. The maximum absolute atomic E-state index is 12.1. The van der Waals surface area contributed by atoms with Crippen LogP contribution < -0.4 is 10.9 Å². The van der Waals surface area contributed by atoms with E-state index in [0.29, 0.717) is 13.0 Å². The SMILES string of the molecule is O=C(Cn1nc2c(cc1=O)CCCC2)NCCc1ccc(O)cc1. The van der Waals surface area contributed by atoms with Crippen molar-refractivity contribution in [2.24, 2.45) is 0 Å². The Kier molecular flexibility index (Phi) is 4.93. The van der Waals surface area contributed by atoms with E-state index in [1.165, 1.54) is 4.68 Å². The Bertz CT molecular complexity index is 781. The van der Waals surface area contributed by atoms with Crippen LogP contribution >= 0.6 is 0 Å². The van der Waals surface area contributed by atoms with Crippen molar-refractivity contribution in [3.63, 3.8) is 0 Å². The molecule has 0 bridgehead atoms. The fraction of sp³-hybridized carbons (Fsp3) is 0.389. The van der Waals surface area contributed by atoms with Crippen molar-refractivity contribution >= 4 is 5.91 Å². The minimum absolute atomic E-state index is 0.0539. The lowest BCUT2D eigenvalue weighted by atomic mass is 9.97. The molecule has 1 heterocycles. The van der Waals surface area contributed by atoms with Gasteiger partial charge in [-0.25, -0.2) is 4.68 Å². The average Bonchev–Trinajstić information content (AvgIpc) is 2.57. The highest BCUT2D eigenvalue weighted by atomic mass is 16.3. The fourth-order valence-corrected chi connectivity index (χ4v) is 2.92. The molecule has 1 aromatic carbocycles. The lowest BCUT2D eigenvalue weighted by Crippen LogP contribution is -2.35. The van der Waals surface area contributed by atoms with Crippen LogP contribution in [0.2, 0.25) is 0 Å². The minimum Gasteiger partial charge on any atom is -0.508 e. The van der Waals surface area contributed by atoms with E-state index in [-0.39, 0.29) is 23.8 Å². The van der Waals surface area contributed by atoms with E-state index in [9.17, 15) is 14.7 Å². The Morgan fingerprint density at radius 1 is 1.21 bits per heavy atom. The predicted molar refractivity (Wildman–Crippen MR) is 90.0 cm³/mol. The molecule has 1 aliphatic carbocycles. The predicted octanol–water partition coefficient (Wildman–Crippen LogP) is 1.19. The number of aromatic hydroxyl groups is 1. The van der Waals surface area contributed by atoms with Gasteiger partial charge in [0.1, 0.15) is 12.3 Å². The standard InChI is InChI=1S/C18H21N3O3/c22-15-7-5-13(6-8-15)9-10-19-17(23)12-21-18(24)11-14-3-1-2-4-16(14)20-21/h5-8,11,22H,1-4,9-10,12H2,(H,19,23). The Morgan fingerprint density at radius 2 is 1.96 bits per heavy atom. The van der Waals surface area contributed by atoms with Gasteiger partial charge in [-0.3, -0.25) is 9.59 Å². The molecule has 6 heteroatoms. The van der Waals surface area contributed by atoms with E-state index in [0.717, 1.165) is 42.5 Å². The van der Waals surface area contributed by atoms with E-state index < -0.39 is 0 Å². The van der Waals surface area contributed by atoms with Crippen molar-refractivity contribution in [3.05, 3.63) is 57.5 Å². The molecule has 0 saturated carbocycles. The Labute approximate surface area is 140 Å². The normalized spacial score (nSPS) is 13.3. The molecule has 1 aromatic heterocycles. The summed E-state index contributed by atoms with van der Waals surface area (Å²) in [4.78, 5) is 24.1. The van der Waals surface area contributed by atoms with Crippen molar-refractivity contribution in [1.82, 2.24) is 15.1 Å². The topological polar surface area (TPSA) is 84.2 Å². The molecule has 0 radical (unpaired) electrons. The molecule has 0 atom stereocenters. The molecule has 0 saturated heterocycles. The van der Waals surface area contributed by atoms with Gasteiger partial charge in [0.05, 0.1) is 5.69 Å². The summed E-state index contributed by atoms with van der Waals surface area (Å²) in [7, 11) is 0. The summed E-state index contributed by atoms with van der Waals surface area (Å²) in [5.41, 5.74) is 2.77. The van der Waals surface area contributed by atoms with E-state index >= 15 is 0 Å². The van der Waals surface area contributed by atoms with Gasteiger partial charge in [0.15, 0.2) is 0 Å². The number of rotatable bonds is 5. The Morgan fingerprint density at radius 3 is 2.75 bits per heavy atom. The molecule has 0 fully saturated rings. The van der Waals surface area contributed by atoms with Gasteiger partial charge in [0, 0.05) is 12.6 Å². The quantitative estimate of drug-likeness (QED) is 0.864. The first-order valence-corrected chi connectivity index (χ1v) is 8.26. The first-order valence-electron chi connectivity index (χ1n) is 8.26. The highest BCUT2D eigenvalue weighted by Crippen LogP contribution is 2.16. The minimum atomic E-state index is -0.223. The molecule has 1 amide bonds. The molecule has 0 aliphatic heterocycles. The van der Waals surface area contributed by atoms with Crippen molar-refractivity contribution in [3.8, 4) is 5.75 Å².